The van der Waals surface area contributed by atoms with Gasteiger partial charge in [0.1, 0.15) is 12.3 Å². The summed E-state index contributed by atoms with van der Waals surface area (Å²) in [4.78, 5) is 0. The Balaban J connectivity index is 1.58. The van der Waals surface area contributed by atoms with Crippen LogP contribution in [0.15, 0.2) is 24.3 Å². The average Bonchev–Trinajstić information content (AvgIpc) is 2.88. The lowest BCUT2D eigenvalue weighted by atomic mass is 9.77. The molecular formula is C20H28F2. The lowest BCUT2D eigenvalue weighted by Gasteiger charge is -2.28. The number of benzene rings is 1. The molecule has 0 nitrogen and oxygen atoms in total. The predicted octanol–water partition coefficient (Wildman–Crippen LogP) is 6.31. The Labute approximate surface area is 133 Å². The van der Waals surface area contributed by atoms with Crippen LogP contribution in [0.4, 0.5) is 8.78 Å². The van der Waals surface area contributed by atoms with E-state index < -0.39 is 12.3 Å². The van der Waals surface area contributed by atoms with Gasteiger partial charge in [0.05, 0.1) is 0 Å². The van der Waals surface area contributed by atoms with E-state index in [1.54, 1.807) is 0 Å². The van der Waals surface area contributed by atoms with Gasteiger partial charge in [-0.3, -0.25) is 0 Å². The minimum atomic E-state index is -1.27. The van der Waals surface area contributed by atoms with Crippen molar-refractivity contribution in [2.24, 2.45) is 5.92 Å². The van der Waals surface area contributed by atoms with Gasteiger partial charge in [-0.1, -0.05) is 44.0 Å². The van der Waals surface area contributed by atoms with Gasteiger partial charge in [0.2, 0.25) is 0 Å². The van der Waals surface area contributed by atoms with Gasteiger partial charge in [0.25, 0.3) is 0 Å². The highest BCUT2D eigenvalue weighted by Crippen LogP contribution is 2.40. The first-order valence-corrected chi connectivity index (χ1v) is 9.05. The highest BCUT2D eigenvalue weighted by Gasteiger charge is 2.35. The third-order valence-electron chi connectivity index (χ3n) is 5.83. The van der Waals surface area contributed by atoms with Crippen LogP contribution in [0.5, 0.6) is 0 Å². The molecule has 2 aliphatic rings. The molecule has 2 saturated carbocycles. The zero-order valence-electron chi connectivity index (χ0n) is 13.6. The zero-order chi connectivity index (χ0) is 15.5. The van der Waals surface area contributed by atoms with Crippen molar-refractivity contribution in [1.29, 1.82) is 0 Å². The summed E-state index contributed by atoms with van der Waals surface area (Å²) in [5.41, 5.74) is 2.54. The molecule has 0 spiro atoms. The first-order valence-electron chi connectivity index (χ1n) is 9.05. The third kappa shape index (κ3) is 3.52. The Bertz CT molecular complexity index is 449. The van der Waals surface area contributed by atoms with Crippen molar-refractivity contribution in [3.63, 3.8) is 0 Å². The third-order valence-corrected chi connectivity index (χ3v) is 5.83. The van der Waals surface area contributed by atoms with Gasteiger partial charge >= 0.3 is 0 Å². The van der Waals surface area contributed by atoms with Crippen LogP contribution in [-0.4, -0.2) is 12.3 Å². The minimum absolute atomic E-state index is 0.0688. The fourth-order valence-corrected chi connectivity index (χ4v) is 4.44. The molecule has 3 rings (SSSR count). The molecular weight excluding hydrogens is 278 g/mol. The number of alkyl halides is 2. The van der Waals surface area contributed by atoms with Crippen molar-refractivity contribution >= 4 is 0 Å². The highest BCUT2D eigenvalue weighted by molar-refractivity contribution is 5.29. The van der Waals surface area contributed by atoms with Gasteiger partial charge in [0, 0.05) is 0 Å². The quantitative estimate of drug-likeness (QED) is 0.611. The smallest absolute Gasteiger partial charge is 0.132 e. The lowest BCUT2D eigenvalue weighted by Crippen LogP contribution is -2.13. The number of hydrogen-bond acceptors (Lipinski definition) is 0. The second-order valence-electron chi connectivity index (χ2n) is 7.37. The van der Waals surface area contributed by atoms with E-state index >= 15 is 0 Å². The first-order chi connectivity index (χ1) is 10.7. The van der Waals surface area contributed by atoms with Gasteiger partial charge in [-0.2, -0.15) is 0 Å². The van der Waals surface area contributed by atoms with Gasteiger partial charge in [-0.05, 0) is 67.4 Å². The maximum Gasteiger partial charge on any atom is 0.132 e. The molecule has 0 radical (unpaired) electrons. The summed E-state index contributed by atoms with van der Waals surface area (Å²) in [5.74, 6) is 1.69. The lowest BCUT2D eigenvalue weighted by molar-refractivity contribution is 0.199. The largest absolute Gasteiger partial charge is 0.244 e. The first kappa shape index (κ1) is 16.0. The molecule has 0 amide bonds. The molecule has 0 saturated heterocycles. The van der Waals surface area contributed by atoms with Crippen molar-refractivity contribution in [3.05, 3.63) is 35.4 Å². The molecule has 1 aromatic carbocycles. The highest BCUT2D eigenvalue weighted by atomic mass is 19.2. The van der Waals surface area contributed by atoms with E-state index in [0.717, 1.165) is 11.5 Å². The zero-order valence-corrected chi connectivity index (χ0v) is 13.6. The Hall–Kier alpha value is -0.920. The summed E-state index contributed by atoms with van der Waals surface area (Å²) in [7, 11) is 0. The second kappa shape index (κ2) is 7.10. The van der Waals surface area contributed by atoms with Crippen LogP contribution in [0.1, 0.15) is 81.3 Å². The molecule has 0 N–H and O–H groups in total. The minimum Gasteiger partial charge on any atom is -0.244 e. The van der Waals surface area contributed by atoms with Crippen LogP contribution < -0.4 is 0 Å². The Morgan fingerprint density at radius 2 is 1.32 bits per heavy atom. The molecule has 2 aliphatic carbocycles. The summed E-state index contributed by atoms with van der Waals surface area (Å²) in [6.07, 6.45) is 6.16. The molecule has 0 heterocycles. The Morgan fingerprint density at radius 3 is 1.82 bits per heavy atom. The number of halogens is 2. The van der Waals surface area contributed by atoms with Gasteiger partial charge in [-0.25, -0.2) is 8.78 Å². The predicted molar refractivity (Wildman–Crippen MR) is 87.8 cm³/mol. The summed E-state index contributed by atoms with van der Waals surface area (Å²) in [6.45, 7) is 2.28. The maximum atomic E-state index is 13.3. The van der Waals surface area contributed by atoms with Crippen LogP contribution in [0, 0.1) is 5.92 Å². The molecule has 22 heavy (non-hydrogen) atoms. The summed E-state index contributed by atoms with van der Waals surface area (Å²) < 4.78 is 26.7. The topological polar surface area (TPSA) is 0 Å². The van der Waals surface area contributed by atoms with Crippen LogP contribution in [0.3, 0.4) is 0 Å². The average molecular weight is 306 g/mol. The molecule has 1 aromatic rings. The second-order valence-corrected chi connectivity index (χ2v) is 7.37. The summed E-state index contributed by atoms with van der Waals surface area (Å²) >= 11 is 0. The van der Waals surface area contributed by atoms with Crippen molar-refractivity contribution in [1.82, 2.24) is 0 Å². The van der Waals surface area contributed by atoms with Gasteiger partial charge < -0.3 is 0 Å². The van der Waals surface area contributed by atoms with Crippen LogP contribution in [0.2, 0.25) is 0 Å². The standard InChI is InChI=1S/C20H28F2/c1-2-3-14-4-6-15(7-5-14)16-8-10-17(11-9-16)18-12-19(21)20(22)13-18/h8-11,14-15,18-20H,2-7,12-13H2,1H3/t14-,15-,19-,20-/m0/s1. The molecule has 2 fully saturated rings. The maximum absolute atomic E-state index is 13.3. The van der Waals surface area contributed by atoms with E-state index in [4.69, 9.17) is 0 Å². The monoisotopic (exact) mass is 306 g/mol. The van der Waals surface area contributed by atoms with Crippen molar-refractivity contribution < 1.29 is 8.78 Å². The van der Waals surface area contributed by atoms with E-state index in [2.05, 4.69) is 31.2 Å². The summed E-state index contributed by atoms with van der Waals surface area (Å²) in [6, 6.07) is 8.64. The van der Waals surface area contributed by atoms with Gasteiger partial charge in [-0.15, -0.1) is 0 Å². The van der Waals surface area contributed by atoms with Crippen LogP contribution in [-0.2, 0) is 0 Å². The van der Waals surface area contributed by atoms with E-state index in [-0.39, 0.29) is 5.92 Å². The van der Waals surface area contributed by atoms with Crippen LogP contribution in [0.25, 0.3) is 0 Å². The SMILES string of the molecule is CCC[C@H]1CC[C@H](c2ccc(C3C[C@H](F)[C@@H](F)C3)cc2)CC1. The molecule has 2 atom stereocenters. The van der Waals surface area contributed by atoms with Gasteiger partial charge in [0.15, 0.2) is 0 Å². The van der Waals surface area contributed by atoms with Crippen molar-refractivity contribution in [2.75, 3.05) is 0 Å². The van der Waals surface area contributed by atoms with E-state index in [1.807, 2.05) is 0 Å². The molecule has 122 valence electrons. The number of rotatable bonds is 4. The molecule has 0 bridgehead atoms. The number of hydrogen-bond donors (Lipinski definition) is 0. The fraction of sp³-hybridized carbons (Fsp3) is 0.700. The molecule has 0 aromatic heterocycles. The summed E-state index contributed by atoms with van der Waals surface area (Å²) in [5, 5.41) is 0. The molecule has 0 unspecified atom stereocenters. The molecule has 0 aliphatic heterocycles. The van der Waals surface area contributed by atoms with E-state index in [0.29, 0.717) is 18.8 Å². The van der Waals surface area contributed by atoms with Crippen LogP contribution >= 0.6 is 0 Å². The molecule has 2 heteroatoms. The Kier molecular flexibility index (Phi) is 5.15. The van der Waals surface area contributed by atoms with E-state index in [1.165, 1.54) is 44.1 Å². The Morgan fingerprint density at radius 1 is 0.818 bits per heavy atom. The van der Waals surface area contributed by atoms with Crippen molar-refractivity contribution in [3.8, 4) is 0 Å². The fourth-order valence-electron chi connectivity index (χ4n) is 4.44. The van der Waals surface area contributed by atoms with Crippen molar-refractivity contribution in [2.45, 2.75) is 82.5 Å². The van der Waals surface area contributed by atoms with E-state index in [9.17, 15) is 8.78 Å². The normalized spacial score (nSPS) is 33.2.